The number of nitrogens with one attached hydrogen (secondary N) is 1. The zero-order valence-electron chi connectivity index (χ0n) is 13.3. The summed E-state index contributed by atoms with van der Waals surface area (Å²) in [7, 11) is 1.51. The number of benzene rings is 1. The fourth-order valence-corrected chi connectivity index (χ4v) is 3.37. The van der Waals surface area contributed by atoms with E-state index in [1.54, 1.807) is 12.3 Å². The Kier molecular flexibility index (Phi) is 4.61. The molecule has 0 bridgehead atoms. The quantitative estimate of drug-likeness (QED) is 0.713. The molecule has 5 nitrogen and oxygen atoms in total. The van der Waals surface area contributed by atoms with Crippen molar-refractivity contribution in [1.29, 1.82) is 0 Å². The van der Waals surface area contributed by atoms with Crippen molar-refractivity contribution >= 4 is 22.2 Å². The smallest absolute Gasteiger partial charge is 0.418 e. The van der Waals surface area contributed by atoms with Crippen LogP contribution in [0.1, 0.15) is 16.8 Å². The third-order valence-electron chi connectivity index (χ3n) is 3.62. The van der Waals surface area contributed by atoms with Crippen LogP contribution in [0.15, 0.2) is 35.6 Å². The van der Waals surface area contributed by atoms with Gasteiger partial charge in [0.15, 0.2) is 5.75 Å². The first-order chi connectivity index (χ1) is 11.8. The van der Waals surface area contributed by atoms with Crippen molar-refractivity contribution in [3.05, 3.63) is 47.3 Å². The van der Waals surface area contributed by atoms with Crippen LogP contribution in [0.3, 0.4) is 0 Å². The zero-order valence-corrected chi connectivity index (χ0v) is 14.2. The van der Waals surface area contributed by atoms with E-state index in [-0.39, 0.29) is 21.9 Å². The van der Waals surface area contributed by atoms with E-state index < -0.39 is 22.9 Å². The summed E-state index contributed by atoms with van der Waals surface area (Å²) in [6.07, 6.45) is -2.94. The zero-order chi connectivity index (χ0) is 18.2. The Morgan fingerprint density at radius 1 is 1.32 bits per heavy atom. The first-order valence-electron chi connectivity index (χ1n) is 7.23. The van der Waals surface area contributed by atoms with E-state index in [1.165, 1.54) is 19.2 Å². The minimum atomic E-state index is -4.53. The number of aromatic nitrogens is 3. The lowest BCUT2D eigenvalue weighted by atomic mass is 10.2. The standard InChI is InChI=1S/C16H14F3N3O2S/c1-9-7-20-10(6-13(9)24-2)8-25(23)15-21-12-5-3-4-11(14(12)22-15)16(17,18)19/h3-7H,8H2,1-2H3,(H,21,22). The molecule has 9 heteroatoms. The lowest BCUT2D eigenvalue weighted by Gasteiger charge is -2.09. The van der Waals surface area contributed by atoms with Gasteiger partial charge in [-0.2, -0.15) is 18.2 Å². The molecule has 0 radical (unpaired) electrons. The number of aryl methyl sites for hydroxylation is 1. The van der Waals surface area contributed by atoms with Crippen LogP contribution in [0.2, 0.25) is 0 Å². The van der Waals surface area contributed by atoms with Crippen LogP contribution in [0.25, 0.3) is 11.0 Å². The maximum Gasteiger partial charge on any atom is 0.418 e. The number of ether oxygens (including phenoxy) is 1. The van der Waals surface area contributed by atoms with Crippen molar-refractivity contribution in [2.45, 2.75) is 24.0 Å². The molecule has 2 aromatic heterocycles. The van der Waals surface area contributed by atoms with Gasteiger partial charge >= 0.3 is 11.3 Å². The van der Waals surface area contributed by atoms with E-state index in [0.717, 1.165) is 11.6 Å². The molecule has 1 N–H and O–H groups in total. The molecule has 0 amide bonds. The summed E-state index contributed by atoms with van der Waals surface area (Å²) >= 11 is -1.67. The fraction of sp³-hybridized carbons (Fsp3) is 0.250. The van der Waals surface area contributed by atoms with E-state index in [2.05, 4.69) is 15.0 Å². The number of nitrogens with zero attached hydrogens (tertiary/aromatic N) is 2. The van der Waals surface area contributed by atoms with Crippen LogP contribution >= 0.6 is 0 Å². The van der Waals surface area contributed by atoms with Gasteiger partial charge in [-0.3, -0.25) is 9.97 Å². The second-order valence-corrected chi connectivity index (χ2v) is 6.74. The van der Waals surface area contributed by atoms with Crippen molar-refractivity contribution in [3.63, 3.8) is 0 Å². The Labute approximate surface area is 144 Å². The second kappa shape index (κ2) is 6.57. The number of fused-ring (bicyclic) bond motifs is 1. The number of pyridine rings is 1. The average Bonchev–Trinajstić information content (AvgIpc) is 2.99. The number of H-pyrrole nitrogens is 1. The molecule has 3 aromatic rings. The molecule has 0 fully saturated rings. The lowest BCUT2D eigenvalue weighted by molar-refractivity contribution is -0.136. The summed E-state index contributed by atoms with van der Waals surface area (Å²) in [5.74, 6) is 0.614. The van der Waals surface area contributed by atoms with Gasteiger partial charge in [-0.05, 0) is 19.1 Å². The topological polar surface area (TPSA) is 73.9 Å². The normalized spacial score (nSPS) is 13.2. The molecular formula is C16H14F3N3O2S. The molecule has 0 saturated carbocycles. The highest BCUT2D eigenvalue weighted by Crippen LogP contribution is 2.34. The molecule has 1 atom stereocenters. The molecule has 25 heavy (non-hydrogen) atoms. The van der Waals surface area contributed by atoms with Gasteiger partial charge in [-0.1, -0.05) is 6.07 Å². The summed E-state index contributed by atoms with van der Waals surface area (Å²) < 4.78 is 56.8. The van der Waals surface area contributed by atoms with Crippen LogP contribution < -0.4 is 4.74 Å². The number of hydrogen-bond donors (Lipinski definition) is 1. The fourth-order valence-electron chi connectivity index (χ4n) is 2.39. The van der Waals surface area contributed by atoms with Crippen molar-refractivity contribution in [2.24, 2.45) is 0 Å². The minimum absolute atomic E-state index is 0.0117. The number of aromatic amines is 1. The number of imidazole rings is 1. The number of alkyl halides is 3. The minimum Gasteiger partial charge on any atom is -0.609 e. The number of para-hydroxylation sites is 1. The van der Waals surface area contributed by atoms with Crippen LogP contribution in [-0.2, 0) is 23.1 Å². The van der Waals surface area contributed by atoms with Gasteiger partial charge in [0.2, 0.25) is 0 Å². The Balaban J connectivity index is 1.91. The van der Waals surface area contributed by atoms with Gasteiger partial charge < -0.3 is 9.29 Å². The van der Waals surface area contributed by atoms with Crippen LogP contribution in [0.5, 0.6) is 5.75 Å². The Morgan fingerprint density at radius 3 is 2.76 bits per heavy atom. The monoisotopic (exact) mass is 369 g/mol. The molecule has 1 aromatic carbocycles. The van der Waals surface area contributed by atoms with E-state index in [0.29, 0.717) is 11.4 Å². The highest BCUT2D eigenvalue weighted by Gasteiger charge is 2.34. The van der Waals surface area contributed by atoms with Crippen molar-refractivity contribution in [2.75, 3.05) is 7.11 Å². The molecule has 0 saturated heterocycles. The van der Waals surface area contributed by atoms with Gasteiger partial charge in [-0.25, -0.2) is 0 Å². The number of methoxy groups -OCH3 is 1. The lowest BCUT2D eigenvalue weighted by Crippen LogP contribution is -2.09. The van der Waals surface area contributed by atoms with Gasteiger partial charge in [0.25, 0.3) is 0 Å². The third-order valence-corrected chi connectivity index (χ3v) is 4.80. The molecule has 3 rings (SSSR count). The largest absolute Gasteiger partial charge is 0.609 e. The number of rotatable bonds is 4. The van der Waals surface area contributed by atoms with Crippen molar-refractivity contribution in [1.82, 2.24) is 15.0 Å². The predicted octanol–water partition coefficient (Wildman–Crippen LogP) is 3.60. The van der Waals surface area contributed by atoms with E-state index in [1.807, 2.05) is 6.92 Å². The molecule has 2 heterocycles. The van der Waals surface area contributed by atoms with Gasteiger partial charge in [-0.15, -0.1) is 0 Å². The van der Waals surface area contributed by atoms with E-state index >= 15 is 0 Å². The third kappa shape index (κ3) is 3.57. The number of halogens is 3. The SMILES string of the molecule is COc1cc(C[S+]([O-])c2nc3c(C(F)(F)F)cccc3[nH]2)ncc1C. The predicted molar refractivity (Wildman–Crippen MR) is 86.7 cm³/mol. The Hall–Kier alpha value is -2.26. The molecule has 0 aliphatic carbocycles. The second-order valence-electron chi connectivity index (χ2n) is 5.38. The molecule has 1 unspecified atom stereocenters. The number of hydrogen-bond acceptors (Lipinski definition) is 4. The Bertz CT molecular complexity index is 911. The van der Waals surface area contributed by atoms with Gasteiger partial charge in [0.1, 0.15) is 11.3 Å². The van der Waals surface area contributed by atoms with Crippen molar-refractivity contribution in [3.8, 4) is 5.75 Å². The summed E-state index contributed by atoms with van der Waals surface area (Å²) in [6.45, 7) is 1.82. The first-order valence-corrected chi connectivity index (χ1v) is 8.55. The molecule has 0 aliphatic heterocycles. The van der Waals surface area contributed by atoms with E-state index in [9.17, 15) is 17.7 Å². The summed E-state index contributed by atoms with van der Waals surface area (Å²) in [5, 5.41) is -0.0203. The maximum atomic E-state index is 13.0. The molecule has 0 aliphatic rings. The summed E-state index contributed by atoms with van der Waals surface area (Å²) in [5.41, 5.74) is 0.410. The molecular weight excluding hydrogens is 355 g/mol. The summed E-state index contributed by atoms with van der Waals surface area (Å²) in [6, 6.07) is 5.34. The molecule has 132 valence electrons. The molecule has 0 spiro atoms. The highest BCUT2D eigenvalue weighted by molar-refractivity contribution is 7.90. The van der Waals surface area contributed by atoms with Gasteiger partial charge in [0, 0.05) is 29.0 Å². The first kappa shape index (κ1) is 17.6. The van der Waals surface area contributed by atoms with Crippen LogP contribution in [-0.4, -0.2) is 26.6 Å². The van der Waals surface area contributed by atoms with E-state index in [4.69, 9.17) is 4.74 Å². The van der Waals surface area contributed by atoms with Crippen LogP contribution in [0.4, 0.5) is 13.2 Å². The average molecular weight is 369 g/mol. The highest BCUT2D eigenvalue weighted by atomic mass is 32.2. The Morgan fingerprint density at radius 2 is 2.08 bits per heavy atom. The summed E-state index contributed by atoms with van der Waals surface area (Å²) in [4.78, 5) is 10.8. The van der Waals surface area contributed by atoms with Crippen molar-refractivity contribution < 1.29 is 22.5 Å². The van der Waals surface area contributed by atoms with Crippen LogP contribution in [0, 0.1) is 6.92 Å². The van der Waals surface area contributed by atoms with Gasteiger partial charge in [0.05, 0.1) is 23.9 Å². The maximum absolute atomic E-state index is 13.0.